The van der Waals surface area contributed by atoms with Gasteiger partial charge in [0.1, 0.15) is 0 Å². The molecule has 2 bridgehead atoms. The SMILES string of the molecule is CCOC(=O)N1C2C/C(=C\c3ccccc3)CC1C(OC1CCCCO1)C2. The first-order valence-electron chi connectivity index (χ1n) is 10.2. The second kappa shape index (κ2) is 8.44. The maximum Gasteiger partial charge on any atom is 0.410 e. The third-order valence-electron chi connectivity index (χ3n) is 5.77. The van der Waals surface area contributed by atoms with Gasteiger partial charge in [0, 0.05) is 12.6 Å². The number of fused-ring (bicyclic) bond motifs is 2. The number of amides is 1. The van der Waals surface area contributed by atoms with E-state index in [0.29, 0.717) is 6.61 Å². The molecule has 4 rings (SSSR count). The molecule has 1 aromatic carbocycles. The van der Waals surface area contributed by atoms with Crippen molar-refractivity contribution < 1.29 is 19.0 Å². The van der Waals surface area contributed by atoms with Gasteiger partial charge in [-0.1, -0.05) is 42.0 Å². The Labute approximate surface area is 161 Å². The highest BCUT2D eigenvalue weighted by Gasteiger charge is 2.49. The summed E-state index contributed by atoms with van der Waals surface area (Å²) in [7, 11) is 0. The predicted molar refractivity (Wildman–Crippen MR) is 103 cm³/mol. The average Bonchev–Trinajstić information content (AvgIpc) is 2.90. The lowest BCUT2D eigenvalue weighted by molar-refractivity contribution is -0.191. The van der Waals surface area contributed by atoms with Crippen molar-refractivity contribution in [2.45, 2.75) is 69.9 Å². The van der Waals surface area contributed by atoms with Gasteiger partial charge in [-0.3, -0.25) is 4.90 Å². The van der Waals surface area contributed by atoms with E-state index in [0.717, 1.165) is 45.1 Å². The van der Waals surface area contributed by atoms with E-state index >= 15 is 0 Å². The van der Waals surface area contributed by atoms with Crippen LogP contribution in [0.5, 0.6) is 0 Å². The zero-order valence-corrected chi connectivity index (χ0v) is 16.0. The van der Waals surface area contributed by atoms with Gasteiger partial charge in [0.05, 0.1) is 18.8 Å². The van der Waals surface area contributed by atoms with Gasteiger partial charge < -0.3 is 14.2 Å². The van der Waals surface area contributed by atoms with Crippen molar-refractivity contribution in [2.24, 2.45) is 0 Å². The quantitative estimate of drug-likeness (QED) is 0.788. The van der Waals surface area contributed by atoms with Gasteiger partial charge in [-0.15, -0.1) is 0 Å². The highest BCUT2D eigenvalue weighted by atomic mass is 16.7. The summed E-state index contributed by atoms with van der Waals surface area (Å²) in [5.41, 5.74) is 2.59. The molecule has 3 aliphatic rings. The van der Waals surface area contributed by atoms with Gasteiger partial charge in [-0.25, -0.2) is 4.79 Å². The lowest BCUT2D eigenvalue weighted by Crippen LogP contribution is -2.47. The minimum atomic E-state index is -0.207. The molecule has 0 N–H and O–H groups in total. The third kappa shape index (κ3) is 4.19. The fourth-order valence-electron chi connectivity index (χ4n) is 4.60. The Balaban J connectivity index is 1.51. The number of carbonyl (C=O) groups is 1. The van der Waals surface area contributed by atoms with Crippen LogP contribution in [0.1, 0.15) is 51.0 Å². The number of nitrogens with zero attached hydrogens (tertiary/aromatic N) is 1. The van der Waals surface area contributed by atoms with Crippen LogP contribution in [0.15, 0.2) is 35.9 Å². The lowest BCUT2D eigenvalue weighted by atomic mass is 9.95. The molecular formula is C22H29NO4. The smallest absolute Gasteiger partial charge is 0.410 e. The number of rotatable bonds is 4. The summed E-state index contributed by atoms with van der Waals surface area (Å²) < 4.78 is 17.4. The molecule has 4 unspecified atom stereocenters. The Kier molecular flexibility index (Phi) is 5.79. The summed E-state index contributed by atoms with van der Waals surface area (Å²) in [6.45, 7) is 3.03. The standard InChI is InChI=1S/C22H29NO4/c1-2-25-22(24)23-18-13-17(12-16-8-4-3-5-9-16)14-19(23)20(15-18)27-21-10-6-7-11-26-21/h3-5,8-9,12,18-21H,2,6-7,10-11,13-15H2,1H3/b17-12+. The Hall–Kier alpha value is -1.85. The van der Waals surface area contributed by atoms with Gasteiger partial charge in [0.15, 0.2) is 6.29 Å². The number of piperidine rings is 1. The van der Waals surface area contributed by atoms with Crippen LogP contribution in [0.2, 0.25) is 0 Å². The van der Waals surface area contributed by atoms with Gasteiger partial charge in [-0.05, 0) is 51.0 Å². The lowest BCUT2D eigenvalue weighted by Gasteiger charge is -2.36. The minimum absolute atomic E-state index is 0.0178. The van der Waals surface area contributed by atoms with E-state index in [9.17, 15) is 4.79 Å². The average molecular weight is 371 g/mol. The van der Waals surface area contributed by atoms with Crippen molar-refractivity contribution >= 4 is 12.2 Å². The molecule has 5 heteroatoms. The van der Waals surface area contributed by atoms with Crippen LogP contribution in [0.3, 0.4) is 0 Å². The molecule has 0 saturated carbocycles. The molecule has 3 saturated heterocycles. The van der Waals surface area contributed by atoms with Crippen LogP contribution in [-0.2, 0) is 14.2 Å². The summed E-state index contributed by atoms with van der Waals surface area (Å²) >= 11 is 0. The second-order valence-corrected chi connectivity index (χ2v) is 7.66. The summed E-state index contributed by atoms with van der Waals surface area (Å²) in [6.07, 6.45) is 7.72. The summed E-state index contributed by atoms with van der Waals surface area (Å²) in [6, 6.07) is 10.6. The van der Waals surface area contributed by atoms with Crippen molar-refractivity contribution in [3.63, 3.8) is 0 Å². The number of ether oxygens (including phenoxy) is 3. The highest BCUT2D eigenvalue weighted by Crippen LogP contribution is 2.41. The van der Waals surface area contributed by atoms with E-state index in [2.05, 4.69) is 30.3 Å². The molecule has 3 heterocycles. The summed E-state index contributed by atoms with van der Waals surface area (Å²) in [5, 5.41) is 0. The van der Waals surface area contributed by atoms with E-state index in [1.165, 1.54) is 11.1 Å². The molecular weight excluding hydrogens is 342 g/mol. The first kappa shape index (κ1) is 18.5. The van der Waals surface area contributed by atoms with Gasteiger partial charge in [-0.2, -0.15) is 0 Å². The molecule has 0 spiro atoms. The largest absolute Gasteiger partial charge is 0.450 e. The zero-order valence-electron chi connectivity index (χ0n) is 16.0. The molecule has 0 radical (unpaired) electrons. The van der Waals surface area contributed by atoms with E-state index in [-0.39, 0.29) is 30.6 Å². The molecule has 1 aromatic rings. The number of hydrogen-bond acceptors (Lipinski definition) is 4. The van der Waals surface area contributed by atoms with Gasteiger partial charge in [0.25, 0.3) is 0 Å². The molecule has 0 aliphatic carbocycles. The van der Waals surface area contributed by atoms with E-state index < -0.39 is 0 Å². The maximum atomic E-state index is 12.6. The zero-order chi connectivity index (χ0) is 18.6. The Bertz CT molecular complexity index is 668. The van der Waals surface area contributed by atoms with Crippen LogP contribution in [0, 0.1) is 0 Å². The summed E-state index contributed by atoms with van der Waals surface area (Å²) in [4.78, 5) is 14.5. The molecule has 4 atom stereocenters. The Morgan fingerprint density at radius 1 is 1.26 bits per heavy atom. The fraction of sp³-hybridized carbons (Fsp3) is 0.591. The van der Waals surface area contributed by atoms with E-state index in [4.69, 9.17) is 14.2 Å². The van der Waals surface area contributed by atoms with Crippen molar-refractivity contribution in [1.29, 1.82) is 0 Å². The van der Waals surface area contributed by atoms with Crippen LogP contribution >= 0.6 is 0 Å². The number of benzene rings is 1. The summed E-state index contributed by atoms with van der Waals surface area (Å²) in [5.74, 6) is 0. The normalized spacial score (nSPS) is 31.9. The third-order valence-corrected chi connectivity index (χ3v) is 5.77. The van der Waals surface area contributed by atoms with Crippen LogP contribution in [0.4, 0.5) is 4.79 Å². The highest BCUT2D eigenvalue weighted by molar-refractivity contribution is 5.70. The first-order chi connectivity index (χ1) is 13.2. The molecule has 1 amide bonds. The molecule has 27 heavy (non-hydrogen) atoms. The van der Waals surface area contributed by atoms with E-state index in [1.54, 1.807) is 0 Å². The van der Waals surface area contributed by atoms with Crippen molar-refractivity contribution in [2.75, 3.05) is 13.2 Å². The molecule has 3 fully saturated rings. The van der Waals surface area contributed by atoms with Crippen molar-refractivity contribution in [3.05, 3.63) is 41.5 Å². The Morgan fingerprint density at radius 2 is 2.11 bits per heavy atom. The van der Waals surface area contributed by atoms with E-state index in [1.807, 2.05) is 17.9 Å². The van der Waals surface area contributed by atoms with Crippen molar-refractivity contribution in [1.82, 2.24) is 4.90 Å². The first-order valence-corrected chi connectivity index (χ1v) is 10.2. The monoisotopic (exact) mass is 371 g/mol. The van der Waals surface area contributed by atoms with Crippen molar-refractivity contribution in [3.8, 4) is 0 Å². The van der Waals surface area contributed by atoms with Crippen LogP contribution in [-0.4, -0.2) is 48.7 Å². The van der Waals surface area contributed by atoms with Crippen LogP contribution in [0.25, 0.3) is 6.08 Å². The Morgan fingerprint density at radius 3 is 2.85 bits per heavy atom. The molecule has 5 nitrogen and oxygen atoms in total. The number of carbonyl (C=O) groups excluding carboxylic acids is 1. The number of hydrogen-bond donors (Lipinski definition) is 0. The molecule has 0 aromatic heterocycles. The molecule has 3 aliphatic heterocycles. The minimum Gasteiger partial charge on any atom is -0.450 e. The second-order valence-electron chi connectivity index (χ2n) is 7.66. The van der Waals surface area contributed by atoms with Gasteiger partial charge in [0.2, 0.25) is 0 Å². The predicted octanol–water partition coefficient (Wildman–Crippen LogP) is 4.38. The fourth-order valence-corrected chi connectivity index (χ4v) is 4.60. The topological polar surface area (TPSA) is 48.0 Å². The van der Waals surface area contributed by atoms with Crippen LogP contribution < -0.4 is 0 Å². The maximum absolute atomic E-state index is 12.6. The van der Waals surface area contributed by atoms with Gasteiger partial charge >= 0.3 is 6.09 Å². The molecule has 146 valence electrons.